The van der Waals surface area contributed by atoms with E-state index in [1.807, 2.05) is 0 Å². The SMILES string of the molecule is O=C(Nc1ccc(F)cc1Br)c1ccc(CCl)cc1. The quantitative estimate of drug-likeness (QED) is 0.813. The van der Waals surface area contributed by atoms with Gasteiger partial charge in [0.05, 0.1) is 5.69 Å². The van der Waals surface area contributed by atoms with Crippen LogP contribution in [0.5, 0.6) is 0 Å². The number of nitrogens with one attached hydrogen (secondary N) is 1. The van der Waals surface area contributed by atoms with Crippen molar-refractivity contribution in [3.05, 3.63) is 63.9 Å². The Kier molecular flexibility index (Phi) is 4.56. The van der Waals surface area contributed by atoms with E-state index in [0.29, 0.717) is 21.6 Å². The molecule has 1 N–H and O–H groups in total. The molecule has 0 radical (unpaired) electrons. The van der Waals surface area contributed by atoms with Gasteiger partial charge in [-0.1, -0.05) is 12.1 Å². The smallest absolute Gasteiger partial charge is 0.255 e. The molecule has 0 bridgehead atoms. The Morgan fingerprint density at radius 2 is 1.89 bits per heavy atom. The first kappa shape index (κ1) is 14.0. The van der Waals surface area contributed by atoms with Gasteiger partial charge in [-0.05, 0) is 51.8 Å². The van der Waals surface area contributed by atoms with Crippen molar-refractivity contribution in [1.29, 1.82) is 0 Å². The zero-order valence-electron chi connectivity index (χ0n) is 9.79. The Bertz CT molecular complexity index is 601. The minimum Gasteiger partial charge on any atom is -0.321 e. The van der Waals surface area contributed by atoms with E-state index in [0.717, 1.165) is 5.56 Å². The number of amides is 1. The molecule has 0 heterocycles. The molecule has 2 aromatic rings. The third kappa shape index (κ3) is 3.55. The van der Waals surface area contributed by atoms with Crippen LogP contribution in [0.15, 0.2) is 46.9 Å². The number of carbonyl (C=O) groups is 1. The topological polar surface area (TPSA) is 29.1 Å². The highest BCUT2D eigenvalue weighted by atomic mass is 79.9. The van der Waals surface area contributed by atoms with Gasteiger partial charge in [-0.25, -0.2) is 4.39 Å². The van der Waals surface area contributed by atoms with Gasteiger partial charge in [0.15, 0.2) is 0 Å². The summed E-state index contributed by atoms with van der Waals surface area (Å²) in [4.78, 5) is 12.0. The zero-order chi connectivity index (χ0) is 13.8. The van der Waals surface area contributed by atoms with Crippen molar-refractivity contribution in [2.75, 3.05) is 5.32 Å². The van der Waals surface area contributed by atoms with Crippen molar-refractivity contribution in [3.63, 3.8) is 0 Å². The van der Waals surface area contributed by atoms with Crippen LogP contribution in [0.1, 0.15) is 15.9 Å². The molecule has 0 atom stereocenters. The van der Waals surface area contributed by atoms with Gasteiger partial charge in [-0.3, -0.25) is 4.79 Å². The molecule has 0 aliphatic rings. The largest absolute Gasteiger partial charge is 0.321 e. The van der Waals surface area contributed by atoms with E-state index < -0.39 is 0 Å². The Labute approximate surface area is 123 Å². The molecule has 0 aliphatic heterocycles. The summed E-state index contributed by atoms with van der Waals surface area (Å²) in [6.45, 7) is 0. The fourth-order valence-corrected chi connectivity index (χ4v) is 2.16. The van der Waals surface area contributed by atoms with E-state index in [1.165, 1.54) is 18.2 Å². The zero-order valence-corrected chi connectivity index (χ0v) is 12.1. The van der Waals surface area contributed by atoms with Crippen LogP contribution in [-0.4, -0.2) is 5.91 Å². The van der Waals surface area contributed by atoms with Gasteiger partial charge in [-0.2, -0.15) is 0 Å². The Morgan fingerprint density at radius 3 is 2.47 bits per heavy atom. The standard InChI is InChI=1S/C14H10BrClFNO/c15-12-7-11(17)5-6-13(12)18-14(19)10-3-1-9(8-16)2-4-10/h1-7H,8H2,(H,18,19). The minimum absolute atomic E-state index is 0.256. The van der Waals surface area contributed by atoms with E-state index in [-0.39, 0.29) is 11.7 Å². The Balaban J connectivity index is 2.15. The first-order valence-corrected chi connectivity index (χ1v) is 6.84. The van der Waals surface area contributed by atoms with Crippen LogP contribution in [0.2, 0.25) is 0 Å². The van der Waals surface area contributed by atoms with Crippen LogP contribution in [0.3, 0.4) is 0 Å². The first-order valence-electron chi connectivity index (χ1n) is 5.51. The van der Waals surface area contributed by atoms with Crippen LogP contribution in [0.25, 0.3) is 0 Å². The maximum atomic E-state index is 12.9. The number of carbonyl (C=O) groups excluding carboxylic acids is 1. The molecule has 5 heteroatoms. The second kappa shape index (κ2) is 6.17. The molecule has 0 aliphatic carbocycles. The Hall–Kier alpha value is -1.39. The third-order valence-electron chi connectivity index (χ3n) is 2.55. The van der Waals surface area contributed by atoms with E-state index in [4.69, 9.17) is 11.6 Å². The molecule has 0 fully saturated rings. The highest BCUT2D eigenvalue weighted by Crippen LogP contribution is 2.23. The fourth-order valence-electron chi connectivity index (χ4n) is 1.53. The average molecular weight is 343 g/mol. The number of benzene rings is 2. The molecule has 0 spiro atoms. The molecule has 2 rings (SSSR count). The predicted octanol–water partition coefficient (Wildman–Crippen LogP) is 4.58. The lowest BCUT2D eigenvalue weighted by Crippen LogP contribution is -2.12. The van der Waals surface area contributed by atoms with Crippen LogP contribution >= 0.6 is 27.5 Å². The van der Waals surface area contributed by atoms with Gasteiger partial charge in [0.1, 0.15) is 5.82 Å². The average Bonchev–Trinajstić information content (AvgIpc) is 2.42. The van der Waals surface area contributed by atoms with Gasteiger partial charge in [0, 0.05) is 15.9 Å². The molecular weight excluding hydrogens is 333 g/mol. The number of halogens is 3. The summed E-state index contributed by atoms with van der Waals surface area (Å²) in [7, 11) is 0. The van der Waals surface area contributed by atoms with Gasteiger partial charge < -0.3 is 5.32 Å². The summed E-state index contributed by atoms with van der Waals surface area (Å²) in [6, 6.07) is 11.1. The second-order valence-corrected chi connectivity index (χ2v) is 5.03. The lowest BCUT2D eigenvalue weighted by atomic mass is 10.1. The van der Waals surface area contributed by atoms with Crippen molar-refractivity contribution < 1.29 is 9.18 Å². The van der Waals surface area contributed by atoms with Crippen molar-refractivity contribution >= 4 is 39.1 Å². The normalized spacial score (nSPS) is 10.3. The summed E-state index contributed by atoms with van der Waals surface area (Å²) >= 11 is 8.88. The molecule has 2 nitrogen and oxygen atoms in total. The van der Waals surface area contributed by atoms with Gasteiger partial charge in [-0.15, -0.1) is 11.6 Å². The van der Waals surface area contributed by atoms with Crippen molar-refractivity contribution in [3.8, 4) is 0 Å². The maximum absolute atomic E-state index is 12.9. The molecule has 2 aromatic carbocycles. The number of hydrogen-bond acceptors (Lipinski definition) is 1. The van der Waals surface area contributed by atoms with Crippen molar-refractivity contribution in [1.82, 2.24) is 0 Å². The second-order valence-electron chi connectivity index (χ2n) is 3.91. The Morgan fingerprint density at radius 1 is 1.21 bits per heavy atom. The van der Waals surface area contributed by atoms with Crippen LogP contribution in [0.4, 0.5) is 10.1 Å². The number of alkyl halides is 1. The highest BCUT2D eigenvalue weighted by Gasteiger charge is 2.08. The number of rotatable bonds is 3. The van der Waals surface area contributed by atoms with Crippen LogP contribution in [-0.2, 0) is 5.88 Å². The van der Waals surface area contributed by atoms with E-state index in [9.17, 15) is 9.18 Å². The highest BCUT2D eigenvalue weighted by molar-refractivity contribution is 9.10. The summed E-state index contributed by atoms with van der Waals surface area (Å²) in [5, 5.41) is 2.71. The molecule has 0 saturated heterocycles. The van der Waals surface area contributed by atoms with E-state index in [2.05, 4.69) is 21.2 Å². The summed E-state index contributed by atoms with van der Waals surface area (Å²) < 4.78 is 13.4. The molecular formula is C14H10BrClFNO. The summed E-state index contributed by atoms with van der Waals surface area (Å²) in [5.41, 5.74) is 1.99. The lowest BCUT2D eigenvalue weighted by Gasteiger charge is -2.07. The monoisotopic (exact) mass is 341 g/mol. The van der Waals surface area contributed by atoms with Crippen molar-refractivity contribution in [2.24, 2.45) is 0 Å². The van der Waals surface area contributed by atoms with Gasteiger partial charge >= 0.3 is 0 Å². The number of anilines is 1. The molecule has 1 amide bonds. The van der Waals surface area contributed by atoms with Crippen LogP contribution < -0.4 is 5.32 Å². The van der Waals surface area contributed by atoms with Gasteiger partial charge in [0.25, 0.3) is 5.91 Å². The molecule has 98 valence electrons. The van der Waals surface area contributed by atoms with E-state index in [1.54, 1.807) is 24.3 Å². The summed E-state index contributed by atoms with van der Waals surface area (Å²) in [5.74, 6) is -0.212. The number of hydrogen-bond donors (Lipinski definition) is 1. The predicted molar refractivity (Wildman–Crippen MR) is 78.1 cm³/mol. The minimum atomic E-state index is -0.365. The fraction of sp³-hybridized carbons (Fsp3) is 0.0714. The molecule has 0 saturated carbocycles. The molecule has 0 unspecified atom stereocenters. The first-order chi connectivity index (χ1) is 9.10. The van der Waals surface area contributed by atoms with Gasteiger partial charge in [0.2, 0.25) is 0 Å². The van der Waals surface area contributed by atoms with Crippen LogP contribution in [0, 0.1) is 5.82 Å². The van der Waals surface area contributed by atoms with Crippen molar-refractivity contribution in [2.45, 2.75) is 5.88 Å². The summed E-state index contributed by atoms with van der Waals surface area (Å²) in [6.07, 6.45) is 0. The lowest BCUT2D eigenvalue weighted by molar-refractivity contribution is 0.102. The third-order valence-corrected chi connectivity index (χ3v) is 3.51. The molecule has 19 heavy (non-hydrogen) atoms. The van der Waals surface area contributed by atoms with E-state index >= 15 is 0 Å². The molecule has 0 aromatic heterocycles. The maximum Gasteiger partial charge on any atom is 0.255 e.